The number of hydrogen-bond donors (Lipinski definition) is 1. The fourth-order valence-electron chi connectivity index (χ4n) is 2.62. The predicted octanol–water partition coefficient (Wildman–Crippen LogP) is -1.96. The molecule has 1 aromatic carbocycles. The lowest BCUT2D eigenvalue weighted by molar-refractivity contribution is -0.894. The second-order valence-electron chi connectivity index (χ2n) is 5.43. The molecule has 0 radical (unpaired) electrons. The number of carbonyl (C=O) groups excluding carboxylic acids is 1. The van der Waals surface area contributed by atoms with Gasteiger partial charge in [-0.1, -0.05) is 6.07 Å². The number of amides is 1. The summed E-state index contributed by atoms with van der Waals surface area (Å²) in [6, 6.07) is 6.02. The van der Waals surface area contributed by atoms with Crippen LogP contribution in [0.4, 0.5) is 5.69 Å². The van der Waals surface area contributed by atoms with Crippen molar-refractivity contribution < 1.29 is 26.8 Å². The highest BCUT2D eigenvalue weighted by Gasteiger charge is 2.31. The maximum Gasteiger partial charge on any atom is 0.268 e. The standard InChI is InChI=1S/C16H24N2O2.ClH/c1-5-17(6-2)9-10-18-14-11-12(3)7-8-15(14)20-13(4)16(18)19;/h7-8,11,13H,5-6,9-10H2,1-4H3;1H. The average Bonchev–Trinajstić information content (AvgIpc) is 2.44. The Bertz CT molecular complexity index is 489. The lowest BCUT2D eigenvalue weighted by Crippen LogP contribution is -3.12. The molecule has 1 N–H and O–H groups in total. The summed E-state index contributed by atoms with van der Waals surface area (Å²) in [6.07, 6.45) is -0.392. The minimum absolute atomic E-state index is 0. The van der Waals surface area contributed by atoms with Crippen LogP contribution >= 0.6 is 0 Å². The molecule has 0 fully saturated rings. The second kappa shape index (κ2) is 7.66. The van der Waals surface area contributed by atoms with Crippen molar-refractivity contribution in [3.8, 4) is 5.75 Å². The van der Waals surface area contributed by atoms with E-state index in [1.54, 1.807) is 0 Å². The third-order valence-corrected chi connectivity index (χ3v) is 4.01. The van der Waals surface area contributed by atoms with Crippen LogP contribution < -0.4 is 26.9 Å². The second-order valence-corrected chi connectivity index (χ2v) is 5.43. The molecule has 0 saturated carbocycles. The molecule has 1 unspecified atom stereocenters. The van der Waals surface area contributed by atoms with Crippen LogP contribution in [-0.4, -0.2) is 38.2 Å². The van der Waals surface area contributed by atoms with E-state index < -0.39 is 6.10 Å². The molecular formula is C16H25ClN2O2. The number of fused-ring (bicyclic) bond motifs is 1. The number of carbonyl (C=O) groups is 1. The molecule has 21 heavy (non-hydrogen) atoms. The molecule has 1 amide bonds. The molecule has 5 heteroatoms. The molecular weight excluding hydrogens is 288 g/mol. The predicted molar refractivity (Wildman–Crippen MR) is 80.5 cm³/mol. The average molecular weight is 313 g/mol. The van der Waals surface area contributed by atoms with E-state index in [0.29, 0.717) is 0 Å². The van der Waals surface area contributed by atoms with E-state index in [0.717, 1.165) is 43.2 Å². The summed E-state index contributed by atoms with van der Waals surface area (Å²) in [4.78, 5) is 15.8. The molecule has 1 aliphatic rings. The van der Waals surface area contributed by atoms with Crippen molar-refractivity contribution in [3.05, 3.63) is 23.8 Å². The number of anilines is 1. The quantitative estimate of drug-likeness (QED) is 0.685. The molecule has 0 bridgehead atoms. The van der Waals surface area contributed by atoms with Crippen LogP contribution in [0.1, 0.15) is 26.3 Å². The third kappa shape index (κ3) is 3.89. The fraction of sp³-hybridized carbons (Fsp3) is 0.562. The van der Waals surface area contributed by atoms with Crippen LogP contribution in [0.25, 0.3) is 0 Å². The topological polar surface area (TPSA) is 34.0 Å². The van der Waals surface area contributed by atoms with Crippen LogP contribution in [0.3, 0.4) is 0 Å². The summed E-state index contributed by atoms with van der Waals surface area (Å²) < 4.78 is 5.69. The highest BCUT2D eigenvalue weighted by molar-refractivity contribution is 5.99. The minimum atomic E-state index is -0.392. The van der Waals surface area contributed by atoms with Crippen LogP contribution in [0.2, 0.25) is 0 Å². The van der Waals surface area contributed by atoms with Crippen molar-refractivity contribution >= 4 is 11.6 Å². The summed E-state index contributed by atoms with van der Waals surface area (Å²) in [7, 11) is 0. The van der Waals surface area contributed by atoms with Crippen molar-refractivity contribution in [1.82, 2.24) is 0 Å². The number of rotatable bonds is 5. The van der Waals surface area contributed by atoms with Crippen molar-refractivity contribution in [3.63, 3.8) is 0 Å². The Morgan fingerprint density at radius 3 is 2.57 bits per heavy atom. The normalized spacial score (nSPS) is 17.3. The van der Waals surface area contributed by atoms with Gasteiger partial charge in [0.05, 0.1) is 31.9 Å². The SMILES string of the molecule is CC[NH+](CC)CCN1C(=O)C(C)Oc2ccc(C)cc21.[Cl-]. The first-order chi connectivity index (χ1) is 9.56. The number of nitrogens with zero attached hydrogens (tertiary/aromatic N) is 1. The zero-order valence-corrected chi connectivity index (χ0v) is 14.0. The molecule has 0 aromatic heterocycles. The number of benzene rings is 1. The van der Waals surface area contributed by atoms with Gasteiger partial charge in [-0.25, -0.2) is 0 Å². The Hall–Kier alpha value is -1.26. The van der Waals surface area contributed by atoms with Crippen LogP contribution in [0.15, 0.2) is 18.2 Å². The molecule has 2 rings (SSSR count). The smallest absolute Gasteiger partial charge is 0.268 e. The molecule has 0 saturated heterocycles. The number of quaternary nitrogens is 1. The van der Waals surface area contributed by atoms with E-state index in [2.05, 4.69) is 13.8 Å². The van der Waals surface area contributed by atoms with Crippen LogP contribution in [0.5, 0.6) is 5.75 Å². The van der Waals surface area contributed by atoms with Gasteiger partial charge in [-0.05, 0) is 45.4 Å². The number of nitrogens with one attached hydrogen (secondary N) is 1. The van der Waals surface area contributed by atoms with Gasteiger partial charge in [0, 0.05) is 0 Å². The van der Waals surface area contributed by atoms with Crippen molar-refractivity contribution in [2.75, 3.05) is 31.1 Å². The first-order valence-electron chi connectivity index (χ1n) is 7.49. The molecule has 4 nitrogen and oxygen atoms in total. The monoisotopic (exact) mass is 312 g/mol. The highest BCUT2D eigenvalue weighted by atomic mass is 35.5. The van der Waals surface area contributed by atoms with E-state index in [4.69, 9.17) is 4.74 Å². The first kappa shape index (κ1) is 17.8. The van der Waals surface area contributed by atoms with Gasteiger partial charge in [-0.2, -0.15) is 0 Å². The van der Waals surface area contributed by atoms with Gasteiger partial charge in [0.15, 0.2) is 6.10 Å². The zero-order chi connectivity index (χ0) is 14.7. The largest absolute Gasteiger partial charge is 1.00 e. The summed E-state index contributed by atoms with van der Waals surface area (Å²) >= 11 is 0. The molecule has 1 aliphatic heterocycles. The minimum Gasteiger partial charge on any atom is -1.00 e. The first-order valence-corrected chi connectivity index (χ1v) is 7.49. The Morgan fingerprint density at radius 2 is 1.95 bits per heavy atom. The summed E-state index contributed by atoms with van der Waals surface area (Å²) in [5, 5.41) is 0. The van der Waals surface area contributed by atoms with E-state index >= 15 is 0 Å². The summed E-state index contributed by atoms with van der Waals surface area (Å²) in [5.74, 6) is 0.881. The van der Waals surface area contributed by atoms with Crippen molar-refractivity contribution in [2.45, 2.75) is 33.8 Å². The van der Waals surface area contributed by atoms with E-state index in [1.807, 2.05) is 36.9 Å². The van der Waals surface area contributed by atoms with E-state index in [1.165, 1.54) is 4.90 Å². The maximum atomic E-state index is 12.4. The van der Waals surface area contributed by atoms with Gasteiger partial charge in [-0.15, -0.1) is 0 Å². The van der Waals surface area contributed by atoms with Gasteiger partial charge in [0.25, 0.3) is 5.91 Å². The van der Waals surface area contributed by atoms with Gasteiger partial charge in [0.2, 0.25) is 0 Å². The fourth-order valence-corrected chi connectivity index (χ4v) is 2.62. The highest BCUT2D eigenvalue weighted by Crippen LogP contribution is 2.34. The van der Waals surface area contributed by atoms with E-state index in [-0.39, 0.29) is 18.3 Å². The Morgan fingerprint density at radius 1 is 1.29 bits per heavy atom. The number of likely N-dealkylation sites (N-methyl/N-ethyl adjacent to an activating group) is 1. The molecule has 0 spiro atoms. The Labute approximate surface area is 133 Å². The number of aryl methyl sites for hydroxylation is 1. The Balaban J connectivity index is 0.00000220. The zero-order valence-electron chi connectivity index (χ0n) is 13.3. The molecule has 1 aromatic rings. The lowest BCUT2D eigenvalue weighted by Gasteiger charge is -2.33. The summed E-state index contributed by atoms with van der Waals surface area (Å²) in [5.41, 5.74) is 2.06. The van der Waals surface area contributed by atoms with Gasteiger partial charge >= 0.3 is 0 Å². The van der Waals surface area contributed by atoms with Gasteiger partial charge < -0.3 is 26.9 Å². The van der Waals surface area contributed by atoms with Gasteiger partial charge in [-0.3, -0.25) is 4.79 Å². The third-order valence-electron chi connectivity index (χ3n) is 4.01. The molecule has 1 heterocycles. The maximum absolute atomic E-state index is 12.4. The van der Waals surface area contributed by atoms with Gasteiger partial charge in [0.1, 0.15) is 5.75 Å². The number of hydrogen-bond acceptors (Lipinski definition) is 2. The number of ether oxygens (including phenoxy) is 1. The van der Waals surface area contributed by atoms with Crippen molar-refractivity contribution in [2.24, 2.45) is 0 Å². The lowest BCUT2D eigenvalue weighted by atomic mass is 10.1. The Kier molecular flexibility index (Phi) is 6.49. The molecule has 0 aliphatic carbocycles. The van der Waals surface area contributed by atoms with Crippen LogP contribution in [-0.2, 0) is 4.79 Å². The molecule has 1 atom stereocenters. The molecule has 118 valence electrons. The van der Waals surface area contributed by atoms with E-state index in [9.17, 15) is 4.79 Å². The summed E-state index contributed by atoms with van der Waals surface area (Å²) in [6.45, 7) is 12.1. The van der Waals surface area contributed by atoms with Crippen molar-refractivity contribution in [1.29, 1.82) is 0 Å². The van der Waals surface area contributed by atoms with Crippen LogP contribution in [0, 0.1) is 6.92 Å². The number of halogens is 1.